The summed E-state index contributed by atoms with van der Waals surface area (Å²) in [7, 11) is 0. The van der Waals surface area contributed by atoms with Crippen molar-refractivity contribution >= 4 is 0 Å². The highest BCUT2D eigenvalue weighted by Crippen LogP contribution is 2.32. The summed E-state index contributed by atoms with van der Waals surface area (Å²) in [4.78, 5) is 7.07. The van der Waals surface area contributed by atoms with Gasteiger partial charge >= 0.3 is 0 Å². The summed E-state index contributed by atoms with van der Waals surface area (Å²) in [6.07, 6.45) is 6.92. The van der Waals surface area contributed by atoms with Gasteiger partial charge in [-0.15, -0.1) is 0 Å². The van der Waals surface area contributed by atoms with Gasteiger partial charge < -0.3 is 14.4 Å². The Morgan fingerprint density at radius 2 is 2.04 bits per heavy atom. The van der Waals surface area contributed by atoms with Crippen LogP contribution in [0.4, 0.5) is 0 Å². The van der Waals surface area contributed by atoms with Crippen LogP contribution in [0.15, 0.2) is 42.7 Å². The second-order valence-corrected chi connectivity index (χ2v) is 7.23. The van der Waals surface area contributed by atoms with E-state index in [2.05, 4.69) is 44.9 Å². The lowest BCUT2D eigenvalue weighted by Gasteiger charge is -2.39. The first-order valence-corrected chi connectivity index (χ1v) is 9.35. The number of hydrogen-bond acceptors (Lipinski definition) is 4. The summed E-state index contributed by atoms with van der Waals surface area (Å²) in [6, 6.07) is 10.8. The monoisotopic (exact) mass is 341 g/mol. The number of morpholine rings is 1. The zero-order valence-electron chi connectivity index (χ0n) is 14.6. The molecule has 1 saturated carbocycles. The van der Waals surface area contributed by atoms with Crippen molar-refractivity contribution in [3.05, 3.63) is 54.1 Å². The second-order valence-electron chi connectivity index (χ2n) is 7.23. The van der Waals surface area contributed by atoms with Gasteiger partial charge in [-0.1, -0.05) is 36.8 Å². The molecule has 0 radical (unpaired) electrons. The lowest BCUT2D eigenvalue weighted by Crippen LogP contribution is -2.50. The van der Waals surface area contributed by atoms with E-state index < -0.39 is 0 Å². The van der Waals surface area contributed by atoms with Gasteiger partial charge in [-0.05, 0) is 18.4 Å². The number of aliphatic hydroxyl groups is 1. The Bertz CT molecular complexity index is 673. The minimum atomic E-state index is -0.182. The van der Waals surface area contributed by atoms with Crippen LogP contribution in [0.3, 0.4) is 0 Å². The van der Waals surface area contributed by atoms with E-state index in [9.17, 15) is 5.11 Å². The van der Waals surface area contributed by atoms with Gasteiger partial charge in [0, 0.05) is 37.4 Å². The third kappa shape index (κ3) is 3.78. The number of aromatic nitrogens is 2. The molecular formula is C20H27N3O2. The van der Waals surface area contributed by atoms with Gasteiger partial charge in [-0.2, -0.15) is 0 Å². The van der Waals surface area contributed by atoms with Crippen LogP contribution in [-0.4, -0.2) is 51.5 Å². The third-order valence-electron chi connectivity index (χ3n) is 5.65. The van der Waals surface area contributed by atoms with Gasteiger partial charge in [0.25, 0.3) is 0 Å². The minimum absolute atomic E-state index is 0.182. The maximum Gasteiger partial charge on any atom is 0.123 e. The molecule has 0 unspecified atom stereocenters. The maximum absolute atomic E-state index is 10.3. The number of rotatable bonds is 5. The summed E-state index contributed by atoms with van der Waals surface area (Å²) >= 11 is 0. The molecule has 5 nitrogen and oxygen atoms in total. The number of aliphatic hydroxyl groups excluding tert-OH is 1. The van der Waals surface area contributed by atoms with Crippen molar-refractivity contribution in [3.63, 3.8) is 0 Å². The average Bonchev–Trinajstić information content (AvgIpc) is 3.26. The first-order valence-electron chi connectivity index (χ1n) is 9.35. The van der Waals surface area contributed by atoms with E-state index in [4.69, 9.17) is 4.74 Å². The first-order chi connectivity index (χ1) is 12.3. The smallest absolute Gasteiger partial charge is 0.123 e. The molecule has 0 bridgehead atoms. The Kier molecular flexibility index (Phi) is 5.15. The summed E-state index contributed by atoms with van der Waals surface area (Å²) in [5, 5.41) is 10.3. The molecule has 2 heterocycles. The predicted molar refractivity (Wildman–Crippen MR) is 96.1 cm³/mol. The molecule has 2 aliphatic rings. The first kappa shape index (κ1) is 16.8. The molecule has 0 spiro atoms. The lowest BCUT2D eigenvalue weighted by molar-refractivity contribution is -0.0548. The standard InChI is InChI=1S/C20H27N3O2/c24-19-8-4-7-17(19)18-15-25-12-11-22(18)14-20-21-9-10-23(20)13-16-5-2-1-3-6-16/h1-3,5-6,9-10,17-19,24H,4,7-8,11-15H2/t17-,18+,19-/m1/s1. The molecule has 134 valence electrons. The van der Waals surface area contributed by atoms with Gasteiger partial charge in [0.2, 0.25) is 0 Å². The van der Waals surface area contributed by atoms with Crippen LogP contribution in [0.25, 0.3) is 0 Å². The molecule has 0 amide bonds. The molecule has 1 saturated heterocycles. The lowest BCUT2D eigenvalue weighted by atomic mass is 9.94. The molecule has 5 heteroatoms. The van der Waals surface area contributed by atoms with Crippen molar-refractivity contribution in [1.82, 2.24) is 14.5 Å². The van der Waals surface area contributed by atoms with Crippen LogP contribution >= 0.6 is 0 Å². The zero-order chi connectivity index (χ0) is 17.1. The van der Waals surface area contributed by atoms with Crippen molar-refractivity contribution in [2.24, 2.45) is 5.92 Å². The van der Waals surface area contributed by atoms with Crippen molar-refractivity contribution in [2.45, 2.75) is 44.5 Å². The Hall–Kier alpha value is -1.69. The van der Waals surface area contributed by atoms with E-state index in [0.717, 1.165) is 57.9 Å². The summed E-state index contributed by atoms with van der Waals surface area (Å²) in [6.45, 7) is 4.06. The summed E-state index contributed by atoms with van der Waals surface area (Å²) in [5.74, 6) is 1.42. The Labute approximate surface area is 149 Å². The molecule has 1 aliphatic heterocycles. The van der Waals surface area contributed by atoms with Crippen LogP contribution < -0.4 is 0 Å². The van der Waals surface area contributed by atoms with Gasteiger partial charge in [0.15, 0.2) is 0 Å². The third-order valence-corrected chi connectivity index (χ3v) is 5.65. The highest BCUT2D eigenvalue weighted by Gasteiger charge is 2.37. The van der Waals surface area contributed by atoms with E-state index in [1.54, 1.807) is 0 Å². The molecule has 1 aromatic carbocycles. The van der Waals surface area contributed by atoms with Crippen molar-refractivity contribution in [3.8, 4) is 0 Å². The second kappa shape index (κ2) is 7.68. The normalized spacial score (nSPS) is 27.6. The fraction of sp³-hybridized carbons (Fsp3) is 0.550. The van der Waals surface area contributed by atoms with E-state index in [1.807, 2.05) is 12.3 Å². The topological polar surface area (TPSA) is 50.5 Å². The number of nitrogens with zero attached hydrogens (tertiary/aromatic N) is 3. The van der Waals surface area contributed by atoms with Gasteiger partial charge in [-0.3, -0.25) is 4.90 Å². The van der Waals surface area contributed by atoms with Gasteiger partial charge in [0.05, 0.1) is 25.9 Å². The van der Waals surface area contributed by atoms with E-state index in [0.29, 0.717) is 12.0 Å². The molecule has 25 heavy (non-hydrogen) atoms. The van der Waals surface area contributed by atoms with Gasteiger partial charge in [-0.25, -0.2) is 4.98 Å². The summed E-state index contributed by atoms with van der Waals surface area (Å²) in [5.41, 5.74) is 1.28. The fourth-order valence-electron chi connectivity index (χ4n) is 4.26. The molecule has 4 rings (SSSR count). The summed E-state index contributed by atoms with van der Waals surface area (Å²) < 4.78 is 7.97. The quantitative estimate of drug-likeness (QED) is 0.907. The molecule has 3 atom stereocenters. The SMILES string of the molecule is O[C@@H]1CCC[C@@H]1[C@@H]1COCCN1Cc1nccn1Cc1ccccc1. The van der Waals surface area contributed by atoms with E-state index in [-0.39, 0.29) is 6.10 Å². The van der Waals surface area contributed by atoms with Crippen molar-refractivity contribution < 1.29 is 9.84 Å². The van der Waals surface area contributed by atoms with Crippen LogP contribution in [0, 0.1) is 5.92 Å². The highest BCUT2D eigenvalue weighted by atomic mass is 16.5. The molecule has 1 aliphatic carbocycles. The van der Waals surface area contributed by atoms with Gasteiger partial charge in [0.1, 0.15) is 5.82 Å². The highest BCUT2D eigenvalue weighted by molar-refractivity contribution is 5.15. The number of imidazole rings is 1. The number of benzene rings is 1. The molecule has 1 N–H and O–H groups in total. The maximum atomic E-state index is 10.3. The van der Waals surface area contributed by atoms with Crippen molar-refractivity contribution in [2.75, 3.05) is 19.8 Å². The fourth-order valence-corrected chi connectivity index (χ4v) is 4.26. The van der Waals surface area contributed by atoms with Crippen LogP contribution in [-0.2, 0) is 17.8 Å². The minimum Gasteiger partial charge on any atom is -0.393 e. The molecular weight excluding hydrogens is 314 g/mol. The average molecular weight is 341 g/mol. The largest absolute Gasteiger partial charge is 0.393 e. The Morgan fingerprint density at radius 1 is 1.16 bits per heavy atom. The van der Waals surface area contributed by atoms with Crippen LogP contribution in [0.5, 0.6) is 0 Å². The predicted octanol–water partition coefficient (Wildman–Crippen LogP) is 2.29. The van der Waals surface area contributed by atoms with Crippen LogP contribution in [0.2, 0.25) is 0 Å². The molecule has 1 aromatic heterocycles. The van der Waals surface area contributed by atoms with E-state index >= 15 is 0 Å². The molecule has 2 fully saturated rings. The van der Waals surface area contributed by atoms with Crippen molar-refractivity contribution in [1.29, 1.82) is 0 Å². The number of ether oxygens (including phenoxy) is 1. The zero-order valence-corrected chi connectivity index (χ0v) is 14.6. The molecule has 2 aromatic rings. The van der Waals surface area contributed by atoms with Crippen LogP contribution in [0.1, 0.15) is 30.7 Å². The Balaban J connectivity index is 1.48. The Morgan fingerprint density at radius 3 is 2.84 bits per heavy atom. The van der Waals surface area contributed by atoms with E-state index in [1.165, 1.54) is 5.56 Å². The number of hydrogen-bond donors (Lipinski definition) is 1.